The zero-order chi connectivity index (χ0) is 11.7. The number of hydrogen-bond donors (Lipinski definition) is 1. The van der Waals surface area contributed by atoms with Crippen molar-refractivity contribution >= 4 is 33.2 Å². The number of hydrogen-bond acceptors (Lipinski definition) is 3. The molecule has 1 fully saturated rings. The molecule has 0 bridgehead atoms. The molecule has 1 aromatic heterocycles. The van der Waals surface area contributed by atoms with Crippen LogP contribution in [0.3, 0.4) is 0 Å². The number of amides is 1. The molecular weight excluding hydrogens is 288 g/mol. The van der Waals surface area contributed by atoms with Crippen molar-refractivity contribution < 1.29 is 4.79 Å². The van der Waals surface area contributed by atoms with Crippen molar-refractivity contribution in [2.75, 3.05) is 19.6 Å². The molecule has 0 aromatic carbocycles. The van der Waals surface area contributed by atoms with Gasteiger partial charge >= 0.3 is 0 Å². The van der Waals surface area contributed by atoms with Gasteiger partial charge in [-0.15, -0.1) is 11.3 Å². The fraction of sp³-hybridized carbons (Fsp3) is 0.545. The second-order valence-corrected chi connectivity index (χ2v) is 6.49. The highest BCUT2D eigenvalue weighted by Crippen LogP contribution is 2.28. The number of thiophene rings is 1. The van der Waals surface area contributed by atoms with E-state index < -0.39 is 0 Å². The zero-order valence-corrected chi connectivity index (χ0v) is 11.8. The predicted octanol–water partition coefficient (Wildman–Crippen LogP) is 2.25. The summed E-state index contributed by atoms with van der Waals surface area (Å²) in [5, 5.41) is 3.29. The fourth-order valence-electron chi connectivity index (χ4n) is 1.85. The van der Waals surface area contributed by atoms with E-state index in [9.17, 15) is 4.79 Å². The summed E-state index contributed by atoms with van der Waals surface area (Å²) in [5.41, 5.74) is 1.14. The number of aryl methyl sites for hydroxylation is 1. The van der Waals surface area contributed by atoms with Gasteiger partial charge < -0.3 is 10.2 Å². The fourth-order valence-corrected chi connectivity index (χ4v) is 3.34. The number of nitrogens with one attached hydrogen (secondary N) is 1. The highest BCUT2D eigenvalue weighted by Gasteiger charge is 2.25. The van der Waals surface area contributed by atoms with Crippen molar-refractivity contribution in [1.82, 2.24) is 10.2 Å². The minimum absolute atomic E-state index is 0.160. The van der Waals surface area contributed by atoms with Gasteiger partial charge in [0.25, 0.3) is 5.91 Å². The molecule has 1 unspecified atom stereocenters. The van der Waals surface area contributed by atoms with Crippen LogP contribution in [-0.2, 0) is 0 Å². The first kappa shape index (κ1) is 12.1. The minimum atomic E-state index is 0.160. The molecule has 5 heteroatoms. The molecule has 1 N–H and O–H groups in total. The van der Waals surface area contributed by atoms with Crippen LogP contribution in [0.1, 0.15) is 22.2 Å². The molecule has 1 aliphatic rings. The highest BCUT2D eigenvalue weighted by atomic mass is 79.9. The van der Waals surface area contributed by atoms with Gasteiger partial charge in [0.2, 0.25) is 0 Å². The number of piperazine rings is 1. The van der Waals surface area contributed by atoms with Crippen LogP contribution in [0.25, 0.3) is 0 Å². The second kappa shape index (κ2) is 4.85. The van der Waals surface area contributed by atoms with Crippen molar-refractivity contribution in [1.29, 1.82) is 0 Å². The van der Waals surface area contributed by atoms with Crippen LogP contribution in [0.5, 0.6) is 0 Å². The van der Waals surface area contributed by atoms with Gasteiger partial charge in [-0.05, 0) is 41.4 Å². The van der Waals surface area contributed by atoms with Crippen molar-refractivity contribution in [2.45, 2.75) is 19.9 Å². The Balaban J connectivity index is 2.17. The van der Waals surface area contributed by atoms with E-state index in [-0.39, 0.29) is 11.9 Å². The molecule has 1 atom stereocenters. The molecule has 1 amide bonds. The van der Waals surface area contributed by atoms with E-state index in [4.69, 9.17) is 0 Å². The average molecular weight is 303 g/mol. The first-order valence-corrected chi connectivity index (χ1v) is 6.98. The molecule has 0 saturated carbocycles. The summed E-state index contributed by atoms with van der Waals surface area (Å²) in [5.74, 6) is 0.160. The number of rotatable bonds is 1. The van der Waals surface area contributed by atoms with E-state index in [1.165, 1.54) is 11.3 Å². The molecule has 88 valence electrons. The summed E-state index contributed by atoms with van der Waals surface area (Å²) in [7, 11) is 0. The average Bonchev–Trinajstić information content (AvgIpc) is 2.59. The van der Waals surface area contributed by atoms with Gasteiger partial charge in [0.1, 0.15) is 0 Å². The van der Waals surface area contributed by atoms with Gasteiger partial charge in [-0.25, -0.2) is 0 Å². The molecule has 2 rings (SSSR count). The topological polar surface area (TPSA) is 32.3 Å². The summed E-state index contributed by atoms with van der Waals surface area (Å²) in [6.07, 6.45) is 0. The molecule has 0 radical (unpaired) electrons. The molecule has 0 aliphatic carbocycles. The number of carbonyl (C=O) groups is 1. The molecule has 0 spiro atoms. The number of carbonyl (C=O) groups excluding carboxylic acids is 1. The Morgan fingerprint density at radius 1 is 1.69 bits per heavy atom. The number of nitrogens with zero attached hydrogens (tertiary/aromatic N) is 1. The molecular formula is C11H15BrN2OS. The third-order valence-electron chi connectivity index (χ3n) is 2.83. The van der Waals surface area contributed by atoms with Crippen LogP contribution in [-0.4, -0.2) is 36.5 Å². The van der Waals surface area contributed by atoms with E-state index >= 15 is 0 Å². The smallest absolute Gasteiger partial charge is 0.264 e. The third-order valence-corrected chi connectivity index (χ3v) is 4.95. The SMILES string of the molecule is Cc1cc(C(=O)N2CCNCC2C)sc1Br. The lowest BCUT2D eigenvalue weighted by atomic mass is 10.2. The van der Waals surface area contributed by atoms with E-state index in [1.54, 1.807) is 0 Å². The lowest BCUT2D eigenvalue weighted by molar-refractivity contribution is 0.0661. The summed E-state index contributed by atoms with van der Waals surface area (Å²) < 4.78 is 1.05. The molecule has 2 heterocycles. The van der Waals surface area contributed by atoms with Crippen molar-refractivity contribution in [3.8, 4) is 0 Å². The minimum Gasteiger partial charge on any atom is -0.333 e. The van der Waals surface area contributed by atoms with Crippen LogP contribution >= 0.6 is 27.3 Å². The highest BCUT2D eigenvalue weighted by molar-refractivity contribution is 9.11. The van der Waals surface area contributed by atoms with Gasteiger partial charge in [0.15, 0.2) is 0 Å². The molecule has 1 aliphatic heterocycles. The Bertz CT molecular complexity index is 385. The van der Waals surface area contributed by atoms with Crippen LogP contribution in [0, 0.1) is 6.92 Å². The first-order chi connectivity index (χ1) is 7.59. The number of halogens is 1. The summed E-state index contributed by atoms with van der Waals surface area (Å²) in [6, 6.07) is 2.24. The lowest BCUT2D eigenvalue weighted by Gasteiger charge is -2.33. The third kappa shape index (κ3) is 2.31. The molecule has 16 heavy (non-hydrogen) atoms. The Kier molecular flexibility index (Phi) is 3.66. The largest absolute Gasteiger partial charge is 0.333 e. The normalized spacial score (nSPS) is 21.2. The van der Waals surface area contributed by atoms with Crippen LogP contribution in [0.15, 0.2) is 9.85 Å². The van der Waals surface area contributed by atoms with Gasteiger partial charge in [0, 0.05) is 25.7 Å². The van der Waals surface area contributed by atoms with Crippen molar-refractivity contribution in [2.24, 2.45) is 0 Å². The Labute approximate surface area is 108 Å². The van der Waals surface area contributed by atoms with Crippen LogP contribution in [0.4, 0.5) is 0 Å². The summed E-state index contributed by atoms with van der Waals surface area (Å²) >= 11 is 4.98. The Morgan fingerprint density at radius 3 is 3.00 bits per heavy atom. The lowest BCUT2D eigenvalue weighted by Crippen LogP contribution is -2.52. The molecule has 3 nitrogen and oxygen atoms in total. The Morgan fingerprint density at radius 2 is 2.44 bits per heavy atom. The van der Waals surface area contributed by atoms with E-state index in [1.807, 2.05) is 17.9 Å². The maximum Gasteiger partial charge on any atom is 0.264 e. The van der Waals surface area contributed by atoms with Gasteiger partial charge in [0.05, 0.1) is 8.66 Å². The Hall–Kier alpha value is -0.390. The van der Waals surface area contributed by atoms with Crippen molar-refractivity contribution in [3.05, 3.63) is 20.3 Å². The summed E-state index contributed by atoms with van der Waals surface area (Å²) in [6.45, 7) is 6.67. The monoisotopic (exact) mass is 302 g/mol. The van der Waals surface area contributed by atoms with Gasteiger partial charge in [-0.1, -0.05) is 0 Å². The van der Waals surface area contributed by atoms with Crippen LogP contribution < -0.4 is 5.32 Å². The second-order valence-electron chi connectivity index (χ2n) is 4.12. The molecule has 1 saturated heterocycles. The van der Waals surface area contributed by atoms with Crippen LogP contribution in [0.2, 0.25) is 0 Å². The molecule has 1 aromatic rings. The summed E-state index contributed by atoms with van der Waals surface area (Å²) in [4.78, 5) is 15.0. The standard InChI is InChI=1S/C11H15BrN2OS/c1-7-5-9(16-10(7)12)11(15)14-4-3-13-6-8(14)2/h5,8,13H,3-4,6H2,1-2H3. The zero-order valence-electron chi connectivity index (χ0n) is 9.42. The predicted molar refractivity (Wildman–Crippen MR) is 70.1 cm³/mol. The van der Waals surface area contributed by atoms with Gasteiger partial charge in [-0.3, -0.25) is 4.79 Å². The maximum atomic E-state index is 12.3. The van der Waals surface area contributed by atoms with E-state index in [0.29, 0.717) is 0 Å². The van der Waals surface area contributed by atoms with E-state index in [0.717, 1.165) is 33.9 Å². The first-order valence-electron chi connectivity index (χ1n) is 5.37. The van der Waals surface area contributed by atoms with Crippen molar-refractivity contribution in [3.63, 3.8) is 0 Å². The van der Waals surface area contributed by atoms with Gasteiger partial charge in [-0.2, -0.15) is 0 Å². The van der Waals surface area contributed by atoms with E-state index in [2.05, 4.69) is 28.2 Å². The quantitative estimate of drug-likeness (QED) is 0.863. The maximum absolute atomic E-state index is 12.3.